The zero-order valence-corrected chi connectivity index (χ0v) is 16.6. The van der Waals surface area contributed by atoms with E-state index in [2.05, 4.69) is 20.3 Å². The van der Waals surface area contributed by atoms with Crippen LogP contribution >= 0.6 is 0 Å². The number of rotatable bonds is 7. The normalized spacial score (nSPS) is 10.4. The topological polar surface area (TPSA) is 112 Å². The number of hydrogen-bond donors (Lipinski definition) is 2. The van der Waals surface area contributed by atoms with Gasteiger partial charge in [0.25, 0.3) is 0 Å². The second kappa shape index (κ2) is 9.01. The van der Waals surface area contributed by atoms with Crippen LogP contribution in [0.1, 0.15) is 22.5 Å². The fraction of sp³-hybridized carbons (Fsp3) is 0.238. The summed E-state index contributed by atoms with van der Waals surface area (Å²) in [4.78, 5) is 24.3. The predicted molar refractivity (Wildman–Crippen MR) is 110 cm³/mol. The minimum absolute atomic E-state index is 0.0344. The summed E-state index contributed by atoms with van der Waals surface area (Å²) in [5, 5.41) is 3.05. The highest BCUT2D eigenvalue weighted by molar-refractivity contribution is 5.71. The van der Waals surface area contributed by atoms with Gasteiger partial charge in [-0.2, -0.15) is 15.0 Å². The molecule has 0 aliphatic carbocycles. The molecule has 0 saturated carbocycles. The number of nitrogens with zero attached hydrogens (tertiary/aromatic N) is 3. The van der Waals surface area contributed by atoms with Crippen molar-refractivity contribution in [1.29, 1.82) is 0 Å². The van der Waals surface area contributed by atoms with Gasteiger partial charge in [0.15, 0.2) is 19.0 Å². The van der Waals surface area contributed by atoms with Crippen LogP contribution < -0.4 is 15.8 Å². The maximum absolute atomic E-state index is 12.0. The van der Waals surface area contributed by atoms with Gasteiger partial charge in [-0.05, 0) is 44.5 Å². The molecular formula is C21H23N5O3. The number of anilines is 3. The molecule has 0 amide bonds. The first-order valence-electron chi connectivity index (χ1n) is 9.09. The van der Waals surface area contributed by atoms with Crippen molar-refractivity contribution in [1.82, 2.24) is 15.0 Å². The summed E-state index contributed by atoms with van der Waals surface area (Å²) in [5.41, 5.74) is 9.77. The number of nitrogens with one attached hydrogen (secondary N) is 1. The maximum Gasteiger partial charge on any atom is 0.344 e. The molecule has 3 rings (SSSR count). The van der Waals surface area contributed by atoms with Gasteiger partial charge in [-0.15, -0.1) is 0 Å². The van der Waals surface area contributed by atoms with E-state index in [0.717, 1.165) is 22.4 Å². The zero-order chi connectivity index (χ0) is 20.8. The molecule has 0 atom stereocenters. The number of ether oxygens (including phenoxy) is 2. The van der Waals surface area contributed by atoms with Crippen molar-refractivity contribution in [2.45, 2.75) is 27.4 Å². The molecule has 0 fully saturated rings. The number of nitrogen functional groups attached to an aromatic ring is 1. The number of carbonyl (C=O) groups is 1. The lowest BCUT2D eigenvalue weighted by Crippen LogP contribution is -2.16. The van der Waals surface area contributed by atoms with Crippen LogP contribution in [0.3, 0.4) is 0 Å². The van der Waals surface area contributed by atoms with E-state index in [4.69, 9.17) is 15.2 Å². The highest BCUT2D eigenvalue weighted by Crippen LogP contribution is 2.19. The van der Waals surface area contributed by atoms with Gasteiger partial charge >= 0.3 is 5.97 Å². The van der Waals surface area contributed by atoms with Crippen LogP contribution in [0.4, 0.5) is 17.6 Å². The third kappa shape index (κ3) is 5.90. The molecule has 3 aromatic rings. The van der Waals surface area contributed by atoms with Gasteiger partial charge in [-0.25, -0.2) is 4.79 Å². The summed E-state index contributed by atoms with van der Waals surface area (Å²) in [6.07, 6.45) is 0. The Bertz CT molecular complexity index is 1010. The highest BCUT2D eigenvalue weighted by Gasteiger charge is 2.10. The lowest BCUT2D eigenvalue weighted by molar-refractivity contribution is -0.147. The van der Waals surface area contributed by atoms with Crippen molar-refractivity contribution in [3.05, 3.63) is 65.0 Å². The predicted octanol–water partition coefficient (Wildman–Crippen LogP) is 3.24. The Morgan fingerprint density at radius 2 is 1.72 bits per heavy atom. The van der Waals surface area contributed by atoms with E-state index in [-0.39, 0.29) is 30.9 Å². The average Bonchev–Trinajstić information content (AvgIpc) is 2.67. The molecule has 29 heavy (non-hydrogen) atoms. The molecule has 2 aromatic carbocycles. The van der Waals surface area contributed by atoms with Crippen molar-refractivity contribution in [2.24, 2.45) is 0 Å². The van der Waals surface area contributed by atoms with Crippen molar-refractivity contribution < 1.29 is 14.3 Å². The number of esters is 1. The molecule has 3 N–H and O–H groups in total. The molecule has 8 heteroatoms. The molecule has 1 aromatic heterocycles. The molecule has 150 valence electrons. The lowest BCUT2D eigenvalue weighted by Gasteiger charge is -2.10. The summed E-state index contributed by atoms with van der Waals surface area (Å²) >= 11 is 0. The molecule has 0 aliphatic rings. The third-order valence-corrected chi connectivity index (χ3v) is 4.04. The number of hydrogen-bond acceptors (Lipinski definition) is 8. The van der Waals surface area contributed by atoms with Gasteiger partial charge in [-0.3, -0.25) is 0 Å². The summed E-state index contributed by atoms with van der Waals surface area (Å²) in [6, 6.07) is 13.5. The molecule has 8 nitrogen and oxygen atoms in total. The van der Waals surface area contributed by atoms with E-state index in [1.807, 2.05) is 63.2 Å². The van der Waals surface area contributed by atoms with E-state index >= 15 is 0 Å². The first-order valence-corrected chi connectivity index (χ1v) is 9.09. The van der Waals surface area contributed by atoms with Gasteiger partial charge in [0.1, 0.15) is 5.75 Å². The quantitative estimate of drug-likeness (QED) is 0.588. The van der Waals surface area contributed by atoms with Crippen molar-refractivity contribution in [2.75, 3.05) is 17.7 Å². The van der Waals surface area contributed by atoms with E-state index in [1.165, 1.54) is 0 Å². The van der Waals surface area contributed by atoms with Gasteiger partial charge in [0, 0.05) is 5.69 Å². The number of aromatic nitrogens is 3. The minimum Gasteiger partial charge on any atom is -0.482 e. The van der Waals surface area contributed by atoms with E-state index in [1.54, 1.807) is 0 Å². The molecule has 0 saturated heterocycles. The largest absolute Gasteiger partial charge is 0.482 e. The minimum atomic E-state index is -0.531. The molecule has 0 radical (unpaired) electrons. The van der Waals surface area contributed by atoms with E-state index in [9.17, 15) is 4.79 Å². The Morgan fingerprint density at radius 1 is 1.00 bits per heavy atom. The first-order chi connectivity index (χ1) is 13.9. The van der Waals surface area contributed by atoms with E-state index < -0.39 is 5.97 Å². The van der Waals surface area contributed by atoms with Crippen LogP contribution in [0, 0.1) is 20.8 Å². The Labute approximate surface area is 169 Å². The van der Waals surface area contributed by atoms with Crippen LogP contribution in [0.2, 0.25) is 0 Å². The molecule has 0 spiro atoms. The smallest absolute Gasteiger partial charge is 0.344 e. The van der Waals surface area contributed by atoms with Crippen molar-refractivity contribution >= 4 is 23.6 Å². The van der Waals surface area contributed by atoms with Crippen LogP contribution in [0.5, 0.6) is 5.75 Å². The third-order valence-electron chi connectivity index (χ3n) is 4.04. The van der Waals surface area contributed by atoms with Gasteiger partial charge in [0.05, 0.1) is 0 Å². The Kier molecular flexibility index (Phi) is 6.23. The SMILES string of the molecule is Cc1ccc(Nc2nc(N)nc(COC(=O)COc3ccc(C)cc3C)n2)cc1. The Hall–Kier alpha value is -3.68. The number of carbonyl (C=O) groups excluding carboxylic acids is 1. The molecule has 1 heterocycles. The van der Waals surface area contributed by atoms with Crippen molar-refractivity contribution in [3.8, 4) is 5.75 Å². The van der Waals surface area contributed by atoms with Crippen LogP contribution in [0.15, 0.2) is 42.5 Å². The van der Waals surface area contributed by atoms with Crippen LogP contribution in [-0.4, -0.2) is 27.5 Å². The van der Waals surface area contributed by atoms with Crippen LogP contribution in [0.25, 0.3) is 0 Å². The molecule has 0 aliphatic heterocycles. The highest BCUT2D eigenvalue weighted by atomic mass is 16.6. The summed E-state index contributed by atoms with van der Waals surface area (Å²) < 4.78 is 10.7. The Balaban J connectivity index is 1.56. The second-order valence-corrected chi connectivity index (χ2v) is 6.64. The molecular weight excluding hydrogens is 370 g/mol. The summed E-state index contributed by atoms with van der Waals surface area (Å²) in [6.45, 7) is 5.57. The van der Waals surface area contributed by atoms with Gasteiger partial charge in [-0.1, -0.05) is 35.4 Å². The van der Waals surface area contributed by atoms with E-state index in [0.29, 0.717) is 5.75 Å². The molecule has 0 unspecified atom stereocenters. The van der Waals surface area contributed by atoms with Crippen LogP contribution in [-0.2, 0) is 16.1 Å². The second-order valence-electron chi connectivity index (χ2n) is 6.64. The van der Waals surface area contributed by atoms with Gasteiger partial charge < -0.3 is 20.5 Å². The number of nitrogens with two attached hydrogens (primary N) is 1. The zero-order valence-electron chi connectivity index (χ0n) is 16.6. The fourth-order valence-electron chi connectivity index (χ4n) is 2.61. The average molecular weight is 393 g/mol. The van der Waals surface area contributed by atoms with Crippen molar-refractivity contribution in [3.63, 3.8) is 0 Å². The number of aryl methyl sites for hydroxylation is 3. The van der Waals surface area contributed by atoms with Gasteiger partial charge in [0.2, 0.25) is 11.9 Å². The summed E-state index contributed by atoms with van der Waals surface area (Å²) in [5.74, 6) is 0.664. The lowest BCUT2D eigenvalue weighted by atomic mass is 10.1. The standard InChI is InChI=1S/C21H23N5O3/c1-13-4-7-16(8-5-13)23-21-25-18(24-20(22)26-21)11-29-19(27)12-28-17-9-6-14(2)10-15(17)3/h4-10H,11-12H2,1-3H3,(H3,22,23,24,25,26). The maximum atomic E-state index is 12.0. The first kappa shape index (κ1) is 20.1. The number of benzene rings is 2. The fourth-order valence-corrected chi connectivity index (χ4v) is 2.61. The Morgan fingerprint density at radius 3 is 2.45 bits per heavy atom. The summed E-state index contributed by atoms with van der Waals surface area (Å²) in [7, 11) is 0. The molecule has 0 bridgehead atoms. The monoisotopic (exact) mass is 393 g/mol.